The lowest BCUT2D eigenvalue weighted by Gasteiger charge is -2.18. The van der Waals surface area contributed by atoms with Crippen molar-refractivity contribution in [1.29, 1.82) is 0 Å². The van der Waals surface area contributed by atoms with E-state index < -0.39 is 0 Å². The molecule has 2 N–H and O–H groups in total. The minimum absolute atomic E-state index is 0.583. The fourth-order valence-corrected chi connectivity index (χ4v) is 3.58. The summed E-state index contributed by atoms with van der Waals surface area (Å²) in [5, 5.41) is 11.1. The lowest BCUT2D eigenvalue weighted by Crippen LogP contribution is -2.23. The zero-order valence-electron chi connectivity index (χ0n) is 12.4. The van der Waals surface area contributed by atoms with Crippen LogP contribution in [0.15, 0.2) is 18.2 Å². The van der Waals surface area contributed by atoms with E-state index in [1.54, 1.807) is 0 Å². The highest BCUT2D eigenvalue weighted by Gasteiger charge is 2.20. The van der Waals surface area contributed by atoms with Crippen LogP contribution in [-0.2, 0) is 13.0 Å². The summed E-state index contributed by atoms with van der Waals surface area (Å²) in [6, 6.07) is 6.65. The van der Waals surface area contributed by atoms with Gasteiger partial charge in [0.15, 0.2) is 5.82 Å². The zero-order valence-corrected chi connectivity index (χ0v) is 12.4. The highest BCUT2D eigenvalue weighted by molar-refractivity contribution is 5.57. The fraction of sp³-hybridized carbons (Fsp3) is 0.529. The first-order chi connectivity index (χ1) is 10.4. The molecule has 0 saturated heterocycles. The van der Waals surface area contributed by atoms with Gasteiger partial charge in [0, 0.05) is 18.0 Å². The molecule has 1 aromatic heterocycles. The molecule has 0 radical (unpaired) electrons. The first kappa shape index (κ1) is 13.0. The minimum atomic E-state index is 0.583. The summed E-state index contributed by atoms with van der Waals surface area (Å²) < 4.78 is 0. The number of hydrogen-bond acceptors (Lipinski definition) is 3. The van der Waals surface area contributed by atoms with Crippen molar-refractivity contribution in [2.24, 2.45) is 0 Å². The summed E-state index contributed by atoms with van der Waals surface area (Å²) in [4.78, 5) is 4.77. The number of nitrogens with zero attached hydrogens (tertiary/aromatic N) is 2. The molecular formula is C17H22N4. The van der Waals surface area contributed by atoms with Crippen molar-refractivity contribution in [2.75, 3.05) is 6.54 Å². The van der Waals surface area contributed by atoms with E-state index in [2.05, 4.69) is 33.7 Å². The van der Waals surface area contributed by atoms with Crippen molar-refractivity contribution in [3.8, 4) is 11.4 Å². The third kappa shape index (κ3) is 2.60. The fourth-order valence-electron chi connectivity index (χ4n) is 3.58. The van der Waals surface area contributed by atoms with E-state index in [1.807, 2.05) is 0 Å². The third-order valence-corrected chi connectivity index (χ3v) is 4.85. The van der Waals surface area contributed by atoms with Gasteiger partial charge in [-0.15, -0.1) is 0 Å². The van der Waals surface area contributed by atoms with Gasteiger partial charge < -0.3 is 5.32 Å². The number of H-pyrrole nitrogens is 1. The van der Waals surface area contributed by atoms with Gasteiger partial charge in [-0.2, -0.15) is 5.10 Å². The van der Waals surface area contributed by atoms with Gasteiger partial charge in [-0.1, -0.05) is 31.4 Å². The summed E-state index contributed by atoms with van der Waals surface area (Å²) >= 11 is 0. The molecule has 4 rings (SSSR count). The lowest BCUT2D eigenvalue weighted by molar-refractivity contribution is 0.429. The number of aromatic nitrogens is 3. The monoisotopic (exact) mass is 282 g/mol. The second-order valence-electron chi connectivity index (χ2n) is 6.29. The predicted octanol–water partition coefficient (Wildman–Crippen LogP) is 3.17. The van der Waals surface area contributed by atoms with Crippen molar-refractivity contribution >= 4 is 0 Å². The molecule has 1 saturated carbocycles. The van der Waals surface area contributed by atoms with Gasteiger partial charge in [0.05, 0.1) is 0 Å². The molecule has 4 nitrogen and oxygen atoms in total. The average Bonchev–Trinajstić information content (AvgIpc) is 3.05. The molecule has 1 fully saturated rings. The highest BCUT2D eigenvalue weighted by atomic mass is 15.2. The predicted molar refractivity (Wildman–Crippen MR) is 83.1 cm³/mol. The average molecular weight is 282 g/mol. The van der Waals surface area contributed by atoms with Crippen LogP contribution in [0, 0.1) is 0 Å². The van der Waals surface area contributed by atoms with Crippen LogP contribution in [0.1, 0.15) is 55.0 Å². The molecule has 0 amide bonds. The Balaban J connectivity index is 1.60. The minimum Gasteiger partial charge on any atom is -0.312 e. The van der Waals surface area contributed by atoms with Crippen LogP contribution >= 0.6 is 0 Å². The standard InChI is InChI=1S/C17H22N4/c1-2-4-13(5-3-1)16-19-17(21-20-16)14-7-6-12-8-9-18-11-15(12)10-14/h6-7,10,13,18H,1-5,8-9,11H2,(H,19,20,21). The van der Waals surface area contributed by atoms with Crippen molar-refractivity contribution < 1.29 is 0 Å². The topological polar surface area (TPSA) is 53.6 Å². The van der Waals surface area contributed by atoms with Crippen molar-refractivity contribution in [2.45, 2.75) is 51.0 Å². The van der Waals surface area contributed by atoms with E-state index in [9.17, 15) is 0 Å². The van der Waals surface area contributed by atoms with Gasteiger partial charge in [-0.05, 0) is 43.0 Å². The number of benzene rings is 1. The van der Waals surface area contributed by atoms with Crippen molar-refractivity contribution in [3.05, 3.63) is 35.2 Å². The van der Waals surface area contributed by atoms with Gasteiger partial charge >= 0.3 is 0 Å². The second kappa shape index (κ2) is 5.60. The van der Waals surface area contributed by atoms with E-state index in [1.165, 1.54) is 43.2 Å². The maximum atomic E-state index is 4.77. The molecule has 110 valence electrons. The summed E-state index contributed by atoms with van der Waals surface area (Å²) in [7, 11) is 0. The molecular weight excluding hydrogens is 260 g/mol. The Bertz CT molecular complexity index is 625. The summed E-state index contributed by atoms with van der Waals surface area (Å²) in [5.41, 5.74) is 3.99. The van der Waals surface area contributed by atoms with Crippen LogP contribution < -0.4 is 5.32 Å². The number of fused-ring (bicyclic) bond motifs is 1. The van der Waals surface area contributed by atoms with Gasteiger partial charge in [-0.3, -0.25) is 5.10 Å². The number of nitrogens with one attached hydrogen (secondary N) is 2. The largest absolute Gasteiger partial charge is 0.312 e. The SMILES string of the molecule is c1cc2c(cc1-c1n[nH]c(C3CCCCC3)n1)CNCC2. The Morgan fingerprint density at radius 2 is 1.95 bits per heavy atom. The van der Waals surface area contributed by atoms with Crippen LogP contribution in [0.5, 0.6) is 0 Å². The number of hydrogen-bond donors (Lipinski definition) is 2. The van der Waals surface area contributed by atoms with E-state index in [-0.39, 0.29) is 0 Å². The van der Waals surface area contributed by atoms with Gasteiger partial charge in [0.2, 0.25) is 0 Å². The maximum Gasteiger partial charge on any atom is 0.181 e. The van der Waals surface area contributed by atoms with Crippen molar-refractivity contribution in [1.82, 2.24) is 20.5 Å². The Morgan fingerprint density at radius 1 is 1.05 bits per heavy atom. The lowest BCUT2D eigenvalue weighted by atomic mass is 9.89. The molecule has 2 aromatic rings. The smallest absolute Gasteiger partial charge is 0.181 e. The van der Waals surface area contributed by atoms with Gasteiger partial charge in [-0.25, -0.2) is 4.98 Å². The molecule has 2 heterocycles. The molecule has 2 aliphatic rings. The molecule has 0 bridgehead atoms. The molecule has 21 heavy (non-hydrogen) atoms. The molecule has 0 unspecified atom stereocenters. The molecule has 0 spiro atoms. The molecule has 0 atom stereocenters. The molecule has 4 heteroatoms. The number of rotatable bonds is 2. The van der Waals surface area contributed by atoms with Crippen LogP contribution in [0.3, 0.4) is 0 Å². The Morgan fingerprint density at radius 3 is 2.86 bits per heavy atom. The first-order valence-electron chi connectivity index (χ1n) is 8.15. The molecule has 1 aliphatic carbocycles. The van der Waals surface area contributed by atoms with Crippen molar-refractivity contribution in [3.63, 3.8) is 0 Å². The number of aromatic amines is 1. The normalized spacial score (nSPS) is 19.4. The molecule has 1 aromatic carbocycles. The van der Waals surface area contributed by atoms with Crippen LogP contribution in [0.2, 0.25) is 0 Å². The van der Waals surface area contributed by atoms with Gasteiger partial charge in [0.1, 0.15) is 5.82 Å². The van der Waals surface area contributed by atoms with Crippen LogP contribution in [-0.4, -0.2) is 21.7 Å². The molecule has 1 aliphatic heterocycles. The van der Waals surface area contributed by atoms with E-state index >= 15 is 0 Å². The van der Waals surface area contributed by atoms with Gasteiger partial charge in [0.25, 0.3) is 0 Å². The second-order valence-corrected chi connectivity index (χ2v) is 6.29. The quantitative estimate of drug-likeness (QED) is 0.889. The van der Waals surface area contributed by atoms with Crippen LogP contribution in [0.4, 0.5) is 0 Å². The summed E-state index contributed by atoms with van der Waals surface area (Å²) in [6.07, 6.45) is 7.65. The summed E-state index contributed by atoms with van der Waals surface area (Å²) in [5.74, 6) is 2.52. The summed E-state index contributed by atoms with van der Waals surface area (Å²) in [6.45, 7) is 2.04. The van der Waals surface area contributed by atoms with E-state index in [4.69, 9.17) is 4.98 Å². The van der Waals surface area contributed by atoms with Crippen LogP contribution in [0.25, 0.3) is 11.4 Å². The first-order valence-corrected chi connectivity index (χ1v) is 8.15. The maximum absolute atomic E-state index is 4.77. The Kier molecular flexibility index (Phi) is 3.47. The van der Waals surface area contributed by atoms with E-state index in [0.717, 1.165) is 36.7 Å². The third-order valence-electron chi connectivity index (χ3n) is 4.85. The Labute approximate surface area is 125 Å². The zero-order chi connectivity index (χ0) is 14.1. The van der Waals surface area contributed by atoms with E-state index in [0.29, 0.717) is 5.92 Å². The Hall–Kier alpha value is -1.68. The highest BCUT2D eigenvalue weighted by Crippen LogP contribution is 2.31.